The quantitative estimate of drug-likeness (QED) is 0.880. The molecule has 2 nitrogen and oxygen atoms in total. The molecule has 0 spiro atoms. The summed E-state index contributed by atoms with van der Waals surface area (Å²) in [4.78, 5) is 0. The number of halogens is 1. The van der Waals surface area contributed by atoms with E-state index in [1.807, 2.05) is 19.9 Å². The van der Waals surface area contributed by atoms with Gasteiger partial charge >= 0.3 is 0 Å². The van der Waals surface area contributed by atoms with Crippen LogP contribution in [0.3, 0.4) is 0 Å². The Kier molecular flexibility index (Phi) is 2.89. The summed E-state index contributed by atoms with van der Waals surface area (Å²) >= 11 is 6.27. The predicted molar refractivity (Wildman–Crippen MR) is 65.5 cm³/mol. The van der Waals surface area contributed by atoms with Crippen molar-refractivity contribution >= 4 is 11.6 Å². The van der Waals surface area contributed by atoms with E-state index >= 15 is 0 Å². The topological polar surface area (TPSA) is 29.5 Å². The van der Waals surface area contributed by atoms with Gasteiger partial charge in [-0.2, -0.15) is 0 Å². The van der Waals surface area contributed by atoms with E-state index in [1.165, 1.54) is 0 Å². The monoisotopic (exact) mass is 240 g/mol. The highest BCUT2D eigenvalue weighted by Crippen LogP contribution is 2.53. The zero-order valence-corrected chi connectivity index (χ0v) is 10.7. The second kappa shape index (κ2) is 3.94. The maximum atomic E-state index is 9.52. The minimum absolute atomic E-state index is 0.104. The van der Waals surface area contributed by atoms with Gasteiger partial charge in [-0.1, -0.05) is 11.6 Å². The lowest BCUT2D eigenvalue weighted by Gasteiger charge is -2.21. The largest absolute Gasteiger partial charge is 0.496 e. The fraction of sp³-hybridized carbons (Fsp3) is 0.538. The van der Waals surface area contributed by atoms with Gasteiger partial charge in [0.1, 0.15) is 5.75 Å². The van der Waals surface area contributed by atoms with Gasteiger partial charge in [-0.25, -0.2) is 0 Å². The highest BCUT2D eigenvalue weighted by Gasteiger charge is 2.47. The first-order valence-corrected chi connectivity index (χ1v) is 5.88. The first kappa shape index (κ1) is 11.7. The number of hydrogen-bond donors (Lipinski definition) is 1. The Morgan fingerprint density at radius 1 is 1.44 bits per heavy atom. The van der Waals surface area contributed by atoms with Crippen molar-refractivity contribution in [2.24, 2.45) is 0 Å². The van der Waals surface area contributed by atoms with E-state index in [0.29, 0.717) is 0 Å². The SMILES string of the molecule is COc1cc(C)c(Cl)c(C)c1C1(CO)CC1. The number of benzene rings is 1. The molecule has 1 N–H and O–H groups in total. The maximum absolute atomic E-state index is 9.52. The zero-order chi connectivity index (χ0) is 11.9. The number of methoxy groups -OCH3 is 1. The Morgan fingerprint density at radius 2 is 2.06 bits per heavy atom. The Bertz CT molecular complexity index is 422. The molecule has 1 fully saturated rings. The lowest BCUT2D eigenvalue weighted by molar-refractivity contribution is 0.251. The first-order chi connectivity index (χ1) is 7.55. The molecular weight excluding hydrogens is 224 g/mol. The summed E-state index contributed by atoms with van der Waals surface area (Å²) in [5, 5.41) is 10.3. The van der Waals surface area contributed by atoms with E-state index in [2.05, 4.69) is 0 Å². The van der Waals surface area contributed by atoms with Gasteiger partial charge < -0.3 is 9.84 Å². The van der Waals surface area contributed by atoms with E-state index in [-0.39, 0.29) is 12.0 Å². The van der Waals surface area contributed by atoms with Crippen molar-refractivity contribution in [3.05, 3.63) is 27.8 Å². The second-order valence-corrected chi connectivity index (χ2v) is 5.03. The molecule has 0 radical (unpaired) electrons. The van der Waals surface area contributed by atoms with Crippen LogP contribution in [-0.4, -0.2) is 18.8 Å². The van der Waals surface area contributed by atoms with Crippen LogP contribution in [0.1, 0.15) is 29.5 Å². The van der Waals surface area contributed by atoms with Gasteiger partial charge in [-0.05, 0) is 43.9 Å². The number of hydrogen-bond acceptors (Lipinski definition) is 2. The minimum Gasteiger partial charge on any atom is -0.496 e. The van der Waals surface area contributed by atoms with E-state index in [0.717, 1.165) is 40.3 Å². The summed E-state index contributed by atoms with van der Waals surface area (Å²) in [6, 6.07) is 1.96. The number of aliphatic hydroxyl groups excluding tert-OH is 1. The molecule has 1 aliphatic carbocycles. The molecule has 0 unspecified atom stereocenters. The third-order valence-corrected chi connectivity index (χ3v) is 4.13. The molecule has 88 valence electrons. The summed E-state index contributed by atoms with van der Waals surface area (Å²) < 4.78 is 5.42. The molecule has 0 atom stereocenters. The molecular formula is C13H17ClO2. The minimum atomic E-state index is -0.104. The smallest absolute Gasteiger partial charge is 0.123 e. The third-order valence-electron chi connectivity index (χ3n) is 3.55. The molecule has 1 saturated carbocycles. The van der Waals surface area contributed by atoms with E-state index in [4.69, 9.17) is 16.3 Å². The second-order valence-electron chi connectivity index (χ2n) is 4.65. The molecule has 0 saturated heterocycles. The van der Waals surface area contributed by atoms with Crippen LogP contribution in [0.15, 0.2) is 6.07 Å². The normalized spacial score (nSPS) is 17.3. The van der Waals surface area contributed by atoms with Crippen LogP contribution in [0, 0.1) is 13.8 Å². The lowest BCUT2D eigenvalue weighted by Crippen LogP contribution is -2.15. The Balaban J connectivity index is 2.63. The number of rotatable bonds is 3. The van der Waals surface area contributed by atoms with Gasteiger partial charge in [-0.15, -0.1) is 0 Å². The highest BCUT2D eigenvalue weighted by atomic mass is 35.5. The molecule has 0 amide bonds. The predicted octanol–water partition coefficient (Wildman–Crippen LogP) is 2.99. The lowest BCUT2D eigenvalue weighted by atomic mass is 9.90. The summed E-state index contributed by atoms with van der Waals surface area (Å²) in [6.45, 7) is 4.15. The molecule has 0 aliphatic heterocycles. The van der Waals surface area contributed by atoms with E-state index < -0.39 is 0 Å². The third kappa shape index (κ3) is 1.61. The fourth-order valence-corrected chi connectivity index (χ4v) is 2.53. The van der Waals surface area contributed by atoms with Crippen molar-refractivity contribution in [3.8, 4) is 5.75 Å². The summed E-state index contributed by atoms with van der Waals surface area (Å²) in [7, 11) is 1.67. The Hall–Kier alpha value is -0.730. The first-order valence-electron chi connectivity index (χ1n) is 5.51. The van der Waals surface area contributed by atoms with E-state index in [1.54, 1.807) is 7.11 Å². The average Bonchev–Trinajstić information content (AvgIpc) is 3.06. The maximum Gasteiger partial charge on any atom is 0.123 e. The zero-order valence-electron chi connectivity index (χ0n) is 9.93. The number of aryl methyl sites for hydroxylation is 1. The molecule has 16 heavy (non-hydrogen) atoms. The molecule has 1 aliphatic rings. The van der Waals surface area contributed by atoms with Crippen LogP contribution in [0.25, 0.3) is 0 Å². The van der Waals surface area contributed by atoms with Gasteiger partial charge in [0.2, 0.25) is 0 Å². The molecule has 3 heteroatoms. The van der Waals surface area contributed by atoms with E-state index in [9.17, 15) is 5.11 Å². The van der Waals surface area contributed by atoms with Crippen LogP contribution in [0.2, 0.25) is 5.02 Å². The van der Waals surface area contributed by atoms with Crippen molar-refractivity contribution in [1.82, 2.24) is 0 Å². The van der Waals surface area contributed by atoms with Crippen molar-refractivity contribution in [3.63, 3.8) is 0 Å². The molecule has 1 aromatic carbocycles. The fourth-order valence-electron chi connectivity index (χ4n) is 2.38. The van der Waals surface area contributed by atoms with Gasteiger partial charge in [0.15, 0.2) is 0 Å². The van der Waals surface area contributed by atoms with Crippen LogP contribution in [0.5, 0.6) is 5.75 Å². The van der Waals surface area contributed by atoms with Crippen molar-refractivity contribution < 1.29 is 9.84 Å². The molecule has 2 rings (SSSR count). The van der Waals surface area contributed by atoms with Gasteiger partial charge in [0.25, 0.3) is 0 Å². The molecule has 0 aromatic heterocycles. The van der Waals surface area contributed by atoms with Gasteiger partial charge in [-0.3, -0.25) is 0 Å². The number of aliphatic hydroxyl groups is 1. The Labute approximate surface area is 101 Å². The van der Waals surface area contributed by atoms with Crippen LogP contribution in [-0.2, 0) is 5.41 Å². The van der Waals surface area contributed by atoms with Gasteiger partial charge in [0.05, 0.1) is 13.7 Å². The summed E-state index contributed by atoms with van der Waals surface area (Å²) in [5.41, 5.74) is 3.05. The van der Waals surface area contributed by atoms with Crippen LogP contribution in [0.4, 0.5) is 0 Å². The standard InChI is InChI=1S/C13H17ClO2/c1-8-6-10(16-3)11(9(2)12(8)14)13(7-15)4-5-13/h6,15H,4-5,7H2,1-3H3. The van der Waals surface area contributed by atoms with Crippen LogP contribution < -0.4 is 4.74 Å². The van der Waals surface area contributed by atoms with Crippen LogP contribution >= 0.6 is 11.6 Å². The molecule has 1 aromatic rings. The van der Waals surface area contributed by atoms with Crippen molar-refractivity contribution in [2.75, 3.05) is 13.7 Å². The summed E-state index contributed by atoms with van der Waals surface area (Å²) in [5.74, 6) is 0.853. The molecule has 0 heterocycles. The summed E-state index contributed by atoms with van der Waals surface area (Å²) in [6.07, 6.45) is 2.03. The number of ether oxygens (including phenoxy) is 1. The van der Waals surface area contributed by atoms with Crippen molar-refractivity contribution in [1.29, 1.82) is 0 Å². The molecule has 0 bridgehead atoms. The highest BCUT2D eigenvalue weighted by molar-refractivity contribution is 6.32. The average molecular weight is 241 g/mol. The Morgan fingerprint density at radius 3 is 2.50 bits per heavy atom. The van der Waals surface area contributed by atoms with Gasteiger partial charge in [0, 0.05) is 16.0 Å². The van der Waals surface area contributed by atoms with Crippen molar-refractivity contribution in [2.45, 2.75) is 32.1 Å².